The molecule has 136 valence electrons. The highest BCUT2D eigenvalue weighted by molar-refractivity contribution is 5.93. The molecular weight excluding hydrogens is 324 g/mol. The summed E-state index contributed by atoms with van der Waals surface area (Å²) in [5, 5.41) is 0. The Bertz CT molecular complexity index is 680. The lowest BCUT2D eigenvalue weighted by Crippen LogP contribution is -2.43. The van der Waals surface area contributed by atoms with Crippen LogP contribution in [-0.4, -0.2) is 37.2 Å². The van der Waals surface area contributed by atoms with Crippen LogP contribution < -0.4 is 0 Å². The number of hydrogen-bond acceptors (Lipinski definition) is 6. The third-order valence-electron chi connectivity index (χ3n) is 5.45. The first-order valence-electron chi connectivity index (χ1n) is 8.58. The highest BCUT2D eigenvalue weighted by Gasteiger charge is 2.70. The SMILES string of the molecule is COC(=O)C1C2CC3C(OC(=O)C31)C2OC(=O)C(C=C(C)C)=C(C)C. The van der Waals surface area contributed by atoms with E-state index in [-0.39, 0.29) is 17.8 Å². The first-order valence-corrected chi connectivity index (χ1v) is 8.58. The topological polar surface area (TPSA) is 78.9 Å². The number of allylic oxidation sites excluding steroid dienone is 2. The Hall–Kier alpha value is -2.11. The Morgan fingerprint density at radius 1 is 1.16 bits per heavy atom. The van der Waals surface area contributed by atoms with E-state index in [0.717, 1.165) is 11.1 Å². The van der Waals surface area contributed by atoms with Crippen molar-refractivity contribution in [3.8, 4) is 0 Å². The van der Waals surface area contributed by atoms with Gasteiger partial charge in [-0.3, -0.25) is 9.59 Å². The van der Waals surface area contributed by atoms with Gasteiger partial charge in [0.1, 0.15) is 12.2 Å². The van der Waals surface area contributed by atoms with Crippen LogP contribution >= 0.6 is 0 Å². The van der Waals surface area contributed by atoms with Crippen LogP contribution in [0.5, 0.6) is 0 Å². The summed E-state index contributed by atoms with van der Waals surface area (Å²) in [4.78, 5) is 37.0. The van der Waals surface area contributed by atoms with E-state index < -0.39 is 36.0 Å². The quantitative estimate of drug-likeness (QED) is 0.335. The van der Waals surface area contributed by atoms with E-state index in [9.17, 15) is 14.4 Å². The van der Waals surface area contributed by atoms with Crippen molar-refractivity contribution < 1.29 is 28.6 Å². The van der Waals surface area contributed by atoms with Crippen LogP contribution in [0.3, 0.4) is 0 Å². The summed E-state index contributed by atoms with van der Waals surface area (Å²) >= 11 is 0. The van der Waals surface area contributed by atoms with E-state index in [4.69, 9.17) is 14.2 Å². The van der Waals surface area contributed by atoms with Crippen molar-refractivity contribution in [1.82, 2.24) is 0 Å². The second kappa shape index (κ2) is 6.32. The molecule has 2 bridgehead atoms. The molecule has 3 aliphatic rings. The first-order chi connectivity index (χ1) is 11.8. The molecule has 0 aromatic heterocycles. The lowest BCUT2D eigenvalue weighted by Gasteiger charge is -2.30. The maximum atomic E-state index is 12.7. The smallest absolute Gasteiger partial charge is 0.338 e. The fraction of sp³-hybridized carbons (Fsp3) is 0.632. The summed E-state index contributed by atoms with van der Waals surface area (Å²) in [6.45, 7) is 7.51. The van der Waals surface area contributed by atoms with Gasteiger partial charge in [-0.05, 0) is 40.2 Å². The Morgan fingerprint density at radius 3 is 2.40 bits per heavy atom. The summed E-state index contributed by atoms with van der Waals surface area (Å²) in [7, 11) is 1.31. The van der Waals surface area contributed by atoms with E-state index in [1.54, 1.807) is 6.08 Å². The summed E-state index contributed by atoms with van der Waals surface area (Å²) in [6.07, 6.45) is 1.39. The Kier molecular flexibility index (Phi) is 4.47. The van der Waals surface area contributed by atoms with Gasteiger partial charge < -0.3 is 14.2 Å². The molecule has 0 spiro atoms. The third kappa shape index (κ3) is 2.77. The average Bonchev–Trinajstić information content (AvgIpc) is 3.14. The number of carbonyl (C=O) groups excluding carboxylic acids is 3. The Balaban J connectivity index is 1.85. The molecule has 3 rings (SSSR count). The minimum Gasteiger partial charge on any atom is -0.469 e. The maximum Gasteiger partial charge on any atom is 0.338 e. The van der Waals surface area contributed by atoms with Gasteiger partial charge in [0.15, 0.2) is 0 Å². The molecule has 1 aliphatic heterocycles. The number of hydrogen-bond donors (Lipinski definition) is 0. The highest BCUT2D eigenvalue weighted by Crippen LogP contribution is 2.59. The van der Waals surface area contributed by atoms with Gasteiger partial charge in [-0.1, -0.05) is 11.1 Å². The Labute approximate surface area is 147 Å². The van der Waals surface area contributed by atoms with Gasteiger partial charge in [0.2, 0.25) is 0 Å². The molecule has 6 heteroatoms. The van der Waals surface area contributed by atoms with Gasteiger partial charge in [-0.15, -0.1) is 0 Å². The van der Waals surface area contributed by atoms with Crippen LogP contribution in [0.4, 0.5) is 0 Å². The highest BCUT2D eigenvalue weighted by atomic mass is 16.6. The van der Waals surface area contributed by atoms with Crippen LogP contribution in [0.25, 0.3) is 0 Å². The van der Waals surface area contributed by atoms with E-state index in [1.807, 2.05) is 27.7 Å². The second-order valence-corrected chi connectivity index (χ2v) is 7.54. The molecule has 2 aliphatic carbocycles. The second-order valence-electron chi connectivity index (χ2n) is 7.54. The molecule has 0 amide bonds. The first kappa shape index (κ1) is 17.7. The molecule has 0 aromatic rings. The third-order valence-corrected chi connectivity index (χ3v) is 5.45. The summed E-state index contributed by atoms with van der Waals surface area (Å²) in [5.41, 5.74) is 2.33. The van der Waals surface area contributed by atoms with Crippen molar-refractivity contribution in [2.24, 2.45) is 23.7 Å². The average molecular weight is 348 g/mol. The van der Waals surface area contributed by atoms with Crippen LogP contribution in [0.2, 0.25) is 0 Å². The largest absolute Gasteiger partial charge is 0.469 e. The van der Waals surface area contributed by atoms with Gasteiger partial charge in [-0.2, -0.15) is 0 Å². The zero-order valence-corrected chi connectivity index (χ0v) is 15.2. The normalized spacial score (nSPS) is 34.4. The minimum absolute atomic E-state index is 0.0713. The van der Waals surface area contributed by atoms with Crippen molar-refractivity contribution in [2.75, 3.05) is 7.11 Å². The van der Waals surface area contributed by atoms with E-state index >= 15 is 0 Å². The van der Waals surface area contributed by atoms with Gasteiger partial charge in [-0.25, -0.2) is 4.79 Å². The molecular formula is C19H24O6. The number of esters is 3. The minimum atomic E-state index is -0.593. The molecule has 6 nitrogen and oxygen atoms in total. The van der Waals surface area contributed by atoms with Crippen molar-refractivity contribution in [1.29, 1.82) is 0 Å². The molecule has 1 saturated heterocycles. The summed E-state index contributed by atoms with van der Waals surface area (Å²) in [6, 6.07) is 0. The molecule has 6 atom stereocenters. The van der Waals surface area contributed by atoms with Gasteiger partial charge >= 0.3 is 17.9 Å². The number of carbonyl (C=O) groups is 3. The predicted octanol–water partition coefficient (Wildman–Crippen LogP) is 2.18. The lowest BCUT2D eigenvalue weighted by molar-refractivity contribution is -0.161. The zero-order valence-electron chi connectivity index (χ0n) is 15.2. The van der Waals surface area contributed by atoms with E-state index in [1.165, 1.54) is 7.11 Å². The van der Waals surface area contributed by atoms with Crippen LogP contribution in [-0.2, 0) is 28.6 Å². The maximum absolute atomic E-state index is 12.7. The van der Waals surface area contributed by atoms with E-state index in [0.29, 0.717) is 12.0 Å². The predicted molar refractivity (Wildman–Crippen MR) is 88.2 cm³/mol. The molecule has 0 radical (unpaired) electrons. The van der Waals surface area contributed by atoms with Gasteiger partial charge in [0, 0.05) is 11.8 Å². The van der Waals surface area contributed by atoms with Crippen molar-refractivity contribution >= 4 is 17.9 Å². The van der Waals surface area contributed by atoms with Gasteiger partial charge in [0.05, 0.1) is 24.5 Å². The van der Waals surface area contributed by atoms with E-state index in [2.05, 4.69) is 0 Å². The van der Waals surface area contributed by atoms with Crippen LogP contribution in [0, 0.1) is 23.7 Å². The van der Waals surface area contributed by atoms with Gasteiger partial charge in [0.25, 0.3) is 0 Å². The van der Waals surface area contributed by atoms with Crippen molar-refractivity contribution in [3.63, 3.8) is 0 Å². The zero-order chi connectivity index (χ0) is 18.5. The fourth-order valence-corrected chi connectivity index (χ4v) is 4.49. The number of rotatable bonds is 4. The fourth-order valence-electron chi connectivity index (χ4n) is 4.49. The standard InChI is InChI=1S/C19H24O6/c1-8(2)6-10(9(3)4)17(20)24-15-11-7-12-14(13(11)18(21)23-5)19(22)25-16(12)15/h6,11-16H,7H2,1-5H3. The summed E-state index contributed by atoms with van der Waals surface area (Å²) < 4.78 is 16.1. The molecule has 0 N–H and O–H groups in total. The number of ether oxygens (including phenoxy) is 3. The van der Waals surface area contributed by atoms with Crippen molar-refractivity contribution in [3.05, 3.63) is 22.8 Å². The molecule has 3 fully saturated rings. The molecule has 2 saturated carbocycles. The molecule has 0 aromatic carbocycles. The lowest BCUT2D eigenvalue weighted by atomic mass is 9.78. The Morgan fingerprint density at radius 2 is 1.84 bits per heavy atom. The summed E-state index contributed by atoms with van der Waals surface area (Å²) in [5.74, 6) is -2.59. The molecule has 25 heavy (non-hydrogen) atoms. The number of methoxy groups -OCH3 is 1. The monoisotopic (exact) mass is 348 g/mol. The number of fused-ring (bicyclic) bond motifs is 1. The van der Waals surface area contributed by atoms with Crippen LogP contribution in [0.1, 0.15) is 34.1 Å². The molecule has 6 unspecified atom stereocenters. The van der Waals surface area contributed by atoms with Crippen molar-refractivity contribution in [2.45, 2.75) is 46.3 Å². The molecule has 1 heterocycles. The van der Waals surface area contributed by atoms with Crippen LogP contribution in [0.15, 0.2) is 22.8 Å².